The van der Waals surface area contributed by atoms with Gasteiger partial charge in [-0.15, -0.1) is 0 Å². The molecule has 1 rings (SSSR count). The fourth-order valence-electron chi connectivity index (χ4n) is 0.677. The van der Waals surface area contributed by atoms with Gasteiger partial charge in [0.15, 0.2) is 0 Å². The zero-order valence-electron chi connectivity index (χ0n) is 6.39. The van der Waals surface area contributed by atoms with Gasteiger partial charge in [-0.25, -0.2) is 4.98 Å². The smallest absolute Gasteiger partial charge is 0.272 e. The molecule has 1 heterocycles. The van der Waals surface area contributed by atoms with E-state index in [1.54, 1.807) is 6.20 Å². The molecular weight excluding hydrogens is 146 g/mol. The second-order valence-electron chi connectivity index (χ2n) is 2.72. The van der Waals surface area contributed by atoms with Crippen LogP contribution in [0.25, 0.3) is 0 Å². The van der Waals surface area contributed by atoms with Crippen LogP contribution >= 0.6 is 0 Å². The van der Waals surface area contributed by atoms with Gasteiger partial charge in [-0.3, -0.25) is 14.7 Å². The van der Waals surface area contributed by atoms with Crippen LogP contribution in [0.1, 0.15) is 13.8 Å². The summed E-state index contributed by atoms with van der Waals surface area (Å²) in [5, 5.41) is 10.5. The summed E-state index contributed by atoms with van der Waals surface area (Å²) in [6, 6.07) is 0. The van der Waals surface area contributed by atoms with E-state index < -0.39 is 5.66 Å². The topological polar surface area (TPSA) is 61.0 Å². The van der Waals surface area contributed by atoms with Gasteiger partial charge in [0.25, 0.3) is 5.66 Å². The predicted octanol–water partition coefficient (Wildman–Crippen LogP) is 0.852. The van der Waals surface area contributed by atoms with Gasteiger partial charge >= 0.3 is 0 Å². The van der Waals surface area contributed by atoms with Crippen LogP contribution in [0.15, 0.2) is 18.7 Å². The van der Waals surface area contributed by atoms with Crippen molar-refractivity contribution in [1.29, 1.82) is 0 Å². The second kappa shape index (κ2) is 2.34. The Hall–Kier alpha value is -1.39. The van der Waals surface area contributed by atoms with Crippen molar-refractivity contribution in [3.63, 3.8) is 0 Å². The highest BCUT2D eigenvalue weighted by atomic mass is 16.6. The van der Waals surface area contributed by atoms with E-state index in [1.165, 1.54) is 30.9 Å². The Morgan fingerprint density at radius 3 is 2.64 bits per heavy atom. The van der Waals surface area contributed by atoms with Gasteiger partial charge in [-0.05, 0) is 0 Å². The molecule has 0 aliphatic heterocycles. The van der Waals surface area contributed by atoms with E-state index in [2.05, 4.69) is 4.98 Å². The Morgan fingerprint density at radius 1 is 1.64 bits per heavy atom. The molecule has 5 nitrogen and oxygen atoms in total. The molecule has 11 heavy (non-hydrogen) atoms. The van der Waals surface area contributed by atoms with E-state index in [4.69, 9.17) is 0 Å². The average Bonchev–Trinajstić information content (AvgIpc) is 2.37. The summed E-state index contributed by atoms with van der Waals surface area (Å²) in [5.74, 6) is 0. The van der Waals surface area contributed by atoms with E-state index in [9.17, 15) is 10.1 Å². The van der Waals surface area contributed by atoms with E-state index in [0.29, 0.717) is 0 Å². The van der Waals surface area contributed by atoms with Crippen LogP contribution < -0.4 is 0 Å². The molecule has 0 bridgehead atoms. The molecule has 0 amide bonds. The molecule has 0 spiro atoms. The predicted molar refractivity (Wildman–Crippen MR) is 38.5 cm³/mol. The molecule has 0 atom stereocenters. The molecule has 0 saturated heterocycles. The SMILES string of the molecule is CC(C)(n1ccnc1)[N+](=O)[O-]. The summed E-state index contributed by atoms with van der Waals surface area (Å²) >= 11 is 0. The van der Waals surface area contributed by atoms with Crippen LogP contribution in [-0.2, 0) is 5.66 Å². The molecule has 0 unspecified atom stereocenters. The molecule has 1 aromatic heterocycles. The third-order valence-corrected chi connectivity index (χ3v) is 1.58. The van der Waals surface area contributed by atoms with E-state index >= 15 is 0 Å². The first-order valence-corrected chi connectivity index (χ1v) is 3.18. The summed E-state index contributed by atoms with van der Waals surface area (Å²) in [6.45, 7) is 3.04. The molecule has 5 heteroatoms. The van der Waals surface area contributed by atoms with Gasteiger partial charge in [0.05, 0.1) is 0 Å². The molecule has 0 N–H and O–H groups in total. The first kappa shape index (κ1) is 7.71. The highest BCUT2D eigenvalue weighted by Gasteiger charge is 2.31. The third-order valence-electron chi connectivity index (χ3n) is 1.58. The Bertz CT molecular complexity index is 253. The van der Waals surface area contributed by atoms with Crippen molar-refractivity contribution in [1.82, 2.24) is 9.55 Å². The number of hydrogen-bond acceptors (Lipinski definition) is 3. The zero-order chi connectivity index (χ0) is 8.48. The van der Waals surface area contributed by atoms with Gasteiger partial charge in [0, 0.05) is 31.2 Å². The summed E-state index contributed by atoms with van der Waals surface area (Å²) in [5.41, 5.74) is -1.10. The maximum Gasteiger partial charge on any atom is 0.294 e. The number of imidazole rings is 1. The normalized spacial score (nSPS) is 11.5. The minimum Gasteiger partial charge on any atom is -0.272 e. The quantitative estimate of drug-likeness (QED) is 0.470. The minimum absolute atomic E-state index is 0.353. The molecule has 1 aromatic rings. The molecule has 0 aliphatic carbocycles. The van der Waals surface area contributed by atoms with Crippen LogP contribution in [0.3, 0.4) is 0 Å². The maximum absolute atomic E-state index is 10.5. The lowest BCUT2D eigenvalue weighted by Gasteiger charge is -2.15. The fraction of sp³-hybridized carbons (Fsp3) is 0.500. The van der Waals surface area contributed by atoms with Gasteiger partial charge in [0.2, 0.25) is 0 Å². The highest BCUT2D eigenvalue weighted by molar-refractivity contribution is 4.80. The summed E-state index contributed by atoms with van der Waals surface area (Å²) in [7, 11) is 0. The molecule has 0 fully saturated rings. The van der Waals surface area contributed by atoms with Crippen molar-refractivity contribution in [2.75, 3.05) is 0 Å². The molecule has 0 radical (unpaired) electrons. The Balaban J connectivity index is 3.00. The number of aromatic nitrogens is 2. The Morgan fingerprint density at radius 2 is 2.27 bits per heavy atom. The molecular formula is C6H9N3O2. The van der Waals surface area contributed by atoms with Gasteiger partial charge in [0.1, 0.15) is 6.33 Å². The van der Waals surface area contributed by atoms with Crippen LogP contribution in [0.2, 0.25) is 0 Å². The first-order valence-electron chi connectivity index (χ1n) is 3.18. The minimum atomic E-state index is -1.10. The monoisotopic (exact) mass is 155 g/mol. The van der Waals surface area contributed by atoms with Crippen molar-refractivity contribution in [3.05, 3.63) is 28.8 Å². The Labute approximate surface area is 63.8 Å². The lowest BCUT2D eigenvalue weighted by molar-refractivity contribution is -0.591. The number of hydrogen-bond donors (Lipinski definition) is 0. The Kier molecular flexibility index (Phi) is 1.64. The van der Waals surface area contributed by atoms with Crippen LogP contribution in [0.4, 0.5) is 0 Å². The summed E-state index contributed by atoms with van der Waals surface area (Å²) in [6.07, 6.45) is 4.52. The highest BCUT2D eigenvalue weighted by Crippen LogP contribution is 2.13. The fourth-order valence-corrected chi connectivity index (χ4v) is 0.677. The molecule has 0 aliphatic rings. The van der Waals surface area contributed by atoms with E-state index in [0.717, 1.165) is 0 Å². The molecule has 60 valence electrons. The van der Waals surface area contributed by atoms with Crippen molar-refractivity contribution in [2.24, 2.45) is 0 Å². The third kappa shape index (κ3) is 1.21. The standard InChI is InChI=1S/C6H9N3O2/c1-6(2,9(10)11)8-4-3-7-5-8/h3-5H,1-2H3. The average molecular weight is 155 g/mol. The summed E-state index contributed by atoms with van der Waals surface area (Å²) < 4.78 is 1.45. The zero-order valence-corrected chi connectivity index (χ0v) is 6.39. The van der Waals surface area contributed by atoms with Crippen LogP contribution in [-0.4, -0.2) is 14.5 Å². The van der Waals surface area contributed by atoms with Crippen molar-refractivity contribution < 1.29 is 4.92 Å². The largest absolute Gasteiger partial charge is 0.294 e. The molecule has 0 aromatic carbocycles. The van der Waals surface area contributed by atoms with Gasteiger partial charge in [-0.1, -0.05) is 0 Å². The van der Waals surface area contributed by atoms with E-state index in [1.807, 2.05) is 0 Å². The van der Waals surface area contributed by atoms with E-state index in [-0.39, 0.29) is 4.92 Å². The van der Waals surface area contributed by atoms with Gasteiger partial charge in [-0.2, -0.15) is 0 Å². The van der Waals surface area contributed by atoms with Crippen molar-refractivity contribution in [3.8, 4) is 0 Å². The van der Waals surface area contributed by atoms with Crippen LogP contribution in [0, 0.1) is 10.1 Å². The maximum atomic E-state index is 10.5. The second-order valence-corrected chi connectivity index (χ2v) is 2.72. The number of nitro groups is 1. The van der Waals surface area contributed by atoms with Crippen molar-refractivity contribution in [2.45, 2.75) is 19.5 Å². The number of rotatable bonds is 2. The first-order chi connectivity index (χ1) is 5.05. The lowest BCUT2D eigenvalue weighted by atomic mass is 10.2. The van der Waals surface area contributed by atoms with Crippen molar-refractivity contribution >= 4 is 0 Å². The lowest BCUT2D eigenvalue weighted by Crippen LogP contribution is -2.34. The number of nitrogens with zero attached hydrogens (tertiary/aromatic N) is 3. The van der Waals surface area contributed by atoms with Crippen LogP contribution in [0.5, 0.6) is 0 Å². The van der Waals surface area contributed by atoms with Gasteiger partial charge < -0.3 is 0 Å². The summed E-state index contributed by atoms with van der Waals surface area (Å²) in [4.78, 5) is 13.9. The molecule has 0 saturated carbocycles.